The summed E-state index contributed by atoms with van der Waals surface area (Å²) >= 11 is 3.46. The van der Waals surface area contributed by atoms with E-state index in [4.69, 9.17) is 5.73 Å². The van der Waals surface area contributed by atoms with Gasteiger partial charge in [0.05, 0.1) is 10.2 Å². The first-order chi connectivity index (χ1) is 6.40. The van der Waals surface area contributed by atoms with Crippen LogP contribution in [0.1, 0.15) is 0 Å². The van der Waals surface area contributed by atoms with Crippen molar-refractivity contribution >= 4 is 33.3 Å². The molecule has 5 heteroatoms. The number of hydrogen-bond donors (Lipinski definition) is 1. The summed E-state index contributed by atoms with van der Waals surface area (Å²) in [5, 5.41) is 0. The highest BCUT2D eigenvalue weighted by Gasteiger charge is 2.01. The normalized spacial score (nSPS) is 10.1. The number of hydrogen-bond acceptors (Lipinski definition) is 4. The summed E-state index contributed by atoms with van der Waals surface area (Å²) in [5.74, 6) is 0.944. The Bertz CT molecular complexity index is 369. The van der Waals surface area contributed by atoms with Gasteiger partial charge in [0, 0.05) is 12.3 Å². The minimum atomic E-state index is 0. The summed E-state index contributed by atoms with van der Waals surface area (Å²) in [7, 11) is 0. The van der Waals surface area contributed by atoms with Gasteiger partial charge in [-0.05, 0) is 12.1 Å². The Morgan fingerprint density at radius 2 is 2.14 bits per heavy atom. The predicted octanol–water partition coefficient (Wildman–Crippen LogP) is -0.649. The van der Waals surface area contributed by atoms with Crippen LogP contribution in [0.3, 0.4) is 0 Å². The maximum Gasteiger partial charge on any atom is 0.151 e. The van der Waals surface area contributed by atoms with Gasteiger partial charge in [-0.25, -0.2) is 4.98 Å². The van der Waals surface area contributed by atoms with Gasteiger partial charge in [-0.1, -0.05) is 23.9 Å². The number of thiazole rings is 1. The van der Waals surface area contributed by atoms with Crippen molar-refractivity contribution in [1.82, 2.24) is 4.98 Å². The lowest BCUT2D eigenvalue weighted by Gasteiger charge is -1.89. The SMILES string of the molecule is NCCSc1nc2ccccc2s1.[Cl-]. The molecule has 0 saturated heterocycles. The van der Waals surface area contributed by atoms with Gasteiger partial charge >= 0.3 is 0 Å². The molecule has 2 rings (SSSR count). The van der Waals surface area contributed by atoms with E-state index in [1.807, 2.05) is 18.2 Å². The van der Waals surface area contributed by atoms with Crippen molar-refractivity contribution in [3.8, 4) is 0 Å². The Balaban J connectivity index is 0.000000980. The van der Waals surface area contributed by atoms with E-state index in [2.05, 4.69) is 11.1 Å². The van der Waals surface area contributed by atoms with Crippen LogP contribution in [0.15, 0.2) is 28.6 Å². The molecule has 2 nitrogen and oxygen atoms in total. The summed E-state index contributed by atoms with van der Waals surface area (Å²) in [6.07, 6.45) is 0. The zero-order valence-corrected chi connectivity index (χ0v) is 9.83. The Labute approximate surface area is 97.3 Å². The Kier molecular flexibility index (Phi) is 4.68. The quantitative estimate of drug-likeness (QED) is 0.731. The van der Waals surface area contributed by atoms with Crippen molar-refractivity contribution in [1.29, 1.82) is 0 Å². The predicted molar refractivity (Wildman–Crippen MR) is 59.4 cm³/mol. The fraction of sp³-hybridized carbons (Fsp3) is 0.222. The van der Waals surface area contributed by atoms with Crippen LogP contribution in [0.2, 0.25) is 0 Å². The van der Waals surface area contributed by atoms with Crippen molar-refractivity contribution < 1.29 is 12.4 Å². The van der Waals surface area contributed by atoms with Gasteiger partial charge in [0.15, 0.2) is 4.34 Å². The maximum absolute atomic E-state index is 5.43. The van der Waals surface area contributed by atoms with E-state index in [0.717, 1.165) is 15.6 Å². The molecule has 0 atom stereocenters. The Morgan fingerprint density at radius 3 is 2.86 bits per heavy atom. The summed E-state index contributed by atoms with van der Waals surface area (Å²) in [6.45, 7) is 0.709. The molecule has 1 heterocycles. The minimum Gasteiger partial charge on any atom is -1.00 e. The monoisotopic (exact) mass is 245 g/mol. The molecule has 2 aromatic rings. The van der Waals surface area contributed by atoms with Crippen LogP contribution >= 0.6 is 23.1 Å². The van der Waals surface area contributed by atoms with E-state index in [1.54, 1.807) is 23.1 Å². The molecule has 0 aliphatic carbocycles. The molecule has 0 amide bonds. The van der Waals surface area contributed by atoms with Crippen molar-refractivity contribution in [2.45, 2.75) is 4.34 Å². The largest absolute Gasteiger partial charge is 1.00 e. The molecule has 0 spiro atoms. The van der Waals surface area contributed by atoms with E-state index in [9.17, 15) is 0 Å². The number of nitrogens with two attached hydrogens (primary N) is 1. The fourth-order valence-corrected chi connectivity index (χ4v) is 2.97. The van der Waals surface area contributed by atoms with Gasteiger partial charge in [0.1, 0.15) is 0 Å². The molecule has 0 aliphatic rings. The zero-order valence-electron chi connectivity index (χ0n) is 7.44. The summed E-state index contributed by atoms with van der Waals surface area (Å²) in [6, 6.07) is 8.19. The highest BCUT2D eigenvalue weighted by Crippen LogP contribution is 2.28. The van der Waals surface area contributed by atoms with Crippen LogP contribution in [0.25, 0.3) is 10.2 Å². The number of para-hydroxylation sites is 1. The Hall–Kier alpha value is -0.290. The number of aromatic nitrogens is 1. The number of nitrogens with zero attached hydrogens (tertiary/aromatic N) is 1. The topological polar surface area (TPSA) is 38.9 Å². The van der Waals surface area contributed by atoms with Crippen LogP contribution in [-0.4, -0.2) is 17.3 Å². The van der Waals surface area contributed by atoms with E-state index < -0.39 is 0 Å². The lowest BCUT2D eigenvalue weighted by atomic mass is 10.3. The molecule has 1 aromatic carbocycles. The lowest BCUT2D eigenvalue weighted by molar-refractivity contribution is -0.00000260. The van der Waals surface area contributed by atoms with Crippen molar-refractivity contribution in [2.75, 3.05) is 12.3 Å². The first-order valence-electron chi connectivity index (χ1n) is 4.08. The first kappa shape index (κ1) is 11.8. The van der Waals surface area contributed by atoms with Gasteiger partial charge in [0.25, 0.3) is 0 Å². The number of halogens is 1. The highest BCUT2D eigenvalue weighted by molar-refractivity contribution is 8.01. The third-order valence-corrected chi connectivity index (χ3v) is 3.83. The second-order valence-electron chi connectivity index (χ2n) is 2.58. The third kappa shape index (κ3) is 2.60. The van der Waals surface area contributed by atoms with E-state index in [0.29, 0.717) is 6.54 Å². The number of thioether (sulfide) groups is 1. The van der Waals surface area contributed by atoms with Crippen LogP contribution in [0.4, 0.5) is 0 Å². The third-order valence-electron chi connectivity index (χ3n) is 1.62. The van der Waals surface area contributed by atoms with E-state index >= 15 is 0 Å². The maximum atomic E-state index is 5.43. The molecular formula is C9H10ClN2S2-. The number of rotatable bonds is 3. The highest BCUT2D eigenvalue weighted by atomic mass is 35.5. The average molecular weight is 246 g/mol. The molecule has 0 aliphatic heterocycles. The molecule has 0 saturated carbocycles. The van der Waals surface area contributed by atoms with Crippen molar-refractivity contribution in [3.63, 3.8) is 0 Å². The lowest BCUT2D eigenvalue weighted by Crippen LogP contribution is -3.00. The molecular weight excluding hydrogens is 236 g/mol. The Morgan fingerprint density at radius 1 is 1.36 bits per heavy atom. The van der Waals surface area contributed by atoms with E-state index in [1.165, 1.54) is 4.70 Å². The molecule has 2 N–H and O–H groups in total. The van der Waals surface area contributed by atoms with Gasteiger partial charge in [-0.15, -0.1) is 11.3 Å². The number of benzene rings is 1. The van der Waals surface area contributed by atoms with Crippen molar-refractivity contribution in [2.24, 2.45) is 5.73 Å². The molecule has 0 radical (unpaired) electrons. The standard InChI is InChI=1S/C9H10N2S2.ClH/c10-5-6-12-9-11-7-3-1-2-4-8(7)13-9;/h1-4H,5-6,10H2;1H/p-1. The number of fused-ring (bicyclic) bond motifs is 1. The zero-order chi connectivity index (χ0) is 9.10. The molecule has 0 unspecified atom stereocenters. The fourth-order valence-electron chi connectivity index (χ4n) is 1.06. The smallest absolute Gasteiger partial charge is 0.151 e. The summed E-state index contributed by atoms with van der Waals surface area (Å²) < 4.78 is 2.37. The summed E-state index contributed by atoms with van der Waals surface area (Å²) in [5.41, 5.74) is 6.52. The van der Waals surface area contributed by atoms with Gasteiger partial charge in [-0.2, -0.15) is 0 Å². The average Bonchev–Trinajstić information content (AvgIpc) is 2.57. The molecule has 0 bridgehead atoms. The van der Waals surface area contributed by atoms with Crippen LogP contribution in [-0.2, 0) is 0 Å². The van der Waals surface area contributed by atoms with Crippen molar-refractivity contribution in [3.05, 3.63) is 24.3 Å². The van der Waals surface area contributed by atoms with E-state index in [-0.39, 0.29) is 12.4 Å². The van der Waals surface area contributed by atoms with Crippen LogP contribution < -0.4 is 18.1 Å². The molecule has 14 heavy (non-hydrogen) atoms. The summed E-state index contributed by atoms with van der Waals surface area (Å²) in [4.78, 5) is 4.48. The second kappa shape index (κ2) is 5.56. The van der Waals surface area contributed by atoms with Gasteiger partial charge < -0.3 is 18.1 Å². The second-order valence-corrected chi connectivity index (χ2v) is 4.96. The molecule has 0 fully saturated rings. The van der Waals surface area contributed by atoms with Gasteiger partial charge in [-0.3, -0.25) is 0 Å². The van der Waals surface area contributed by atoms with Crippen LogP contribution in [0.5, 0.6) is 0 Å². The molecule has 1 aromatic heterocycles. The van der Waals surface area contributed by atoms with Gasteiger partial charge in [0.2, 0.25) is 0 Å². The van der Waals surface area contributed by atoms with Crippen LogP contribution in [0, 0.1) is 0 Å². The minimum absolute atomic E-state index is 0. The first-order valence-corrected chi connectivity index (χ1v) is 5.89. The molecule has 76 valence electrons.